The summed E-state index contributed by atoms with van der Waals surface area (Å²) in [6.07, 6.45) is 6.28. The Kier molecular flexibility index (Phi) is 5.75. The Labute approximate surface area is 194 Å². The van der Waals surface area contributed by atoms with E-state index < -0.39 is 9.84 Å². The Morgan fingerprint density at radius 2 is 1.94 bits per heavy atom. The zero-order chi connectivity index (χ0) is 23.2. The highest BCUT2D eigenvalue weighted by Gasteiger charge is 2.38. The average molecular weight is 474 g/mol. The van der Waals surface area contributed by atoms with Gasteiger partial charge in [-0.2, -0.15) is 4.98 Å². The molecule has 0 unspecified atom stereocenters. The molecule has 5 rings (SSSR count). The maximum Gasteiger partial charge on any atom is 0.245 e. The van der Waals surface area contributed by atoms with Crippen molar-refractivity contribution in [2.45, 2.75) is 57.9 Å². The summed E-state index contributed by atoms with van der Waals surface area (Å²) < 4.78 is 23.6. The van der Waals surface area contributed by atoms with Gasteiger partial charge in [-0.15, -0.1) is 0 Å². The van der Waals surface area contributed by atoms with E-state index in [1.807, 2.05) is 11.1 Å². The fourth-order valence-corrected chi connectivity index (χ4v) is 6.06. The fraction of sp³-hybridized carbons (Fsp3) is 0.636. The van der Waals surface area contributed by atoms with Gasteiger partial charge in [0, 0.05) is 30.9 Å². The first-order chi connectivity index (χ1) is 15.8. The molecule has 33 heavy (non-hydrogen) atoms. The van der Waals surface area contributed by atoms with E-state index in [1.165, 1.54) is 0 Å². The van der Waals surface area contributed by atoms with Crippen LogP contribution in [0, 0.1) is 0 Å². The highest BCUT2D eigenvalue weighted by molar-refractivity contribution is 7.91. The number of nitrogens with one attached hydrogen (secondary N) is 2. The van der Waals surface area contributed by atoms with E-state index >= 15 is 0 Å². The largest absolute Gasteiger partial charge is 0.339 e. The van der Waals surface area contributed by atoms with Crippen LogP contribution in [-0.2, 0) is 27.5 Å². The summed E-state index contributed by atoms with van der Waals surface area (Å²) in [4.78, 5) is 34.4. The number of carbonyl (C=O) groups excluding carboxylic acids is 1. The second-order valence-corrected chi connectivity index (χ2v) is 11.8. The first-order valence-corrected chi connectivity index (χ1v) is 13.6. The molecule has 178 valence electrons. The van der Waals surface area contributed by atoms with Crippen molar-refractivity contribution in [3.05, 3.63) is 23.1 Å². The van der Waals surface area contributed by atoms with E-state index in [1.54, 1.807) is 4.90 Å². The average Bonchev–Trinajstić information content (AvgIpc) is 3.53. The number of fused-ring (bicyclic) bond motifs is 1. The van der Waals surface area contributed by atoms with Crippen LogP contribution in [0.15, 0.2) is 6.20 Å². The molecule has 4 heterocycles. The molecule has 1 amide bonds. The van der Waals surface area contributed by atoms with Crippen molar-refractivity contribution < 1.29 is 13.2 Å². The summed E-state index contributed by atoms with van der Waals surface area (Å²) >= 11 is 0. The molecule has 10 nitrogen and oxygen atoms in total. The van der Waals surface area contributed by atoms with Crippen LogP contribution in [-0.4, -0.2) is 76.3 Å². The van der Waals surface area contributed by atoms with Crippen LogP contribution in [0.3, 0.4) is 0 Å². The summed E-state index contributed by atoms with van der Waals surface area (Å²) in [6, 6.07) is -0.353. The van der Waals surface area contributed by atoms with Gasteiger partial charge in [-0.1, -0.05) is 13.8 Å². The number of hydrogen-bond acceptors (Lipinski definition) is 8. The predicted molar refractivity (Wildman–Crippen MR) is 126 cm³/mol. The van der Waals surface area contributed by atoms with Crippen molar-refractivity contribution in [3.63, 3.8) is 0 Å². The van der Waals surface area contributed by atoms with E-state index in [9.17, 15) is 13.2 Å². The quantitative estimate of drug-likeness (QED) is 0.673. The second kappa shape index (κ2) is 8.58. The van der Waals surface area contributed by atoms with Crippen LogP contribution in [0.5, 0.6) is 0 Å². The first-order valence-electron chi connectivity index (χ1n) is 11.8. The number of sulfone groups is 1. The standard InChI is InChI=1S/C22H31N7O3S/c1-14(2)17-13-23-21(24-17)26-19-15-5-3-6-16(15)25-22(27-19)29-8-4-7-18(29)20(30)28-9-11-33(31,32)12-10-28/h13-14,18H,3-12H2,1-2H3,(H2,23,24,25,26,27)/t18-/m0/s1. The molecule has 0 radical (unpaired) electrons. The summed E-state index contributed by atoms with van der Waals surface area (Å²) in [7, 11) is -3.03. The van der Waals surface area contributed by atoms with Gasteiger partial charge < -0.3 is 20.1 Å². The number of carbonyl (C=O) groups is 1. The number of nitrogens with zero attached hydrogens (tertiary/aromatic N) is 5. The Balaban J connectivity index is 1.40. The highest BCUT2D eigenvalue weighted by Crippen LogP contribution is 2.33. The lowest BCUT2D eigenvalue weighted by atomic mass is 10.2. The normalized spacial score (nSPS) is 22.1. The number of rotatable bonds is 5. The third-order valence-corrected chi connectivity index (χ3v) is 8.44. The third kappa shape index (κ3) is 4.42. The number of anilines is 3. The maximum absolute atomic E-state index is 13.3. The van der Waals surface area contributed by atoms with E-state index in [0.717, 1.165) is 54.9 Å². The number of amides is 1. The van der Waals surface area contributed by atoms with E-state index in [-0.39, 0.29) is 36.5 Å². The summed E-state index contributed by atoms with van der Waals surface area (Å²) in [5.41, 5.74) is 3.20. The molecular formula is C22H31N7O3S. The lowest BCUT2D eigenvalue weighted by Crippen LogP contribution is -2.51. The molecule has 0 bridgehead atoms. The molecule has 2 fully saturated rings. The van der Waals surface area contributed by atoms with Gasteiger partial charge in [-0.05, 0) is 38.0 Å². The van der Waals surface area contributed by atoms with Gasteiger partial charge in [0.1, 0.15) is 11.9 Å². The minimum Gasteiger partial charge on any atom is -0.339 e. The van der Waals surface area contributed by atoms with Crippen LogP contribution in [0.25, 0.3) is 0 Å². The first kappa shape index (κ1) is 22.1. The number of hydrogen-bond donors (Lipinski definition) is 2. The molecule has 2 aromatic heterocycles. The lowest BCUT2D eigenvalue weighted by molar-refractivity contribution is -0.132. The molecule has 0 saturated carbocycles. The van der Waals surface area contributed by atoms with Crippen LogP contribution in [0.2, 0.25) is 0 Å². The molecular weight excluding hydrogens is 442 g/mol. The van der Waals surface area contributed by atoms with Crippen molar-refractivity contribution in [1.29, 1.82) is 0 Å². The number of imidazole rings is 1. The molecule has 2 saturated heterocycles. The molecule has 11 heteroatoms. The van der Waals surface area contributed by atoms with Crippen molar-refractivity contribution in [1.82, 2.24) is 24.8 Å². The van der Waals surface area contributed by atoms with Crippen LogP contribution in [0.4, 0.5) is 17.7 Å². The molecule has 2 aliphatic heterocycles. The van der Waals surface area contributed by atoms with Gasteiger partial charge in [0.15, 0.2) is 9.84 Å². The lowest BCUT2D eigenvalue weighted by Gasteiger charge is -2.32. The minimum absolute atomic E-state index is 0.0198. The van der Waals surface area contributed by atoms with Crippen LogP contribution in [0.1, 0.15) is 56.0 Å². The van der Waals surface area contributed by atoms with Gasteiger partial charge in [0.2, 0.25) is 17.8 Å². The predicted octanol–water partition coefficient (Wildman–Crippen LogP) is 1.78. The highest BCUT2D eigenvalue weighted by atomic mass is 32.2. The van der Waals surface area contributed by atoms with Gasteiger partial charge in [0.25, 0.3) is 0 Å². The van der Waals surface area contributed by atoms with Gasteiger partial charge in [0.05, 0.1) is 23.4 Å². The van der Waals surface area contributed by atoms with E-state index in [0.29, 0.717) is 24.4 Å². The van der Waals surface area contributed by atoms with Crippen molar-refractivity contribution in [2.24, 2.45) is 0 Å². The van der Waals surface area contributed by atoms with E-state index in [2.05, 4.69) is 29.1 Å². The third-order valence-electron chi connectivity index (χ3n) is 6.83. The number of aromatic nitrogens is 4. The molecule has 0 spiro atoms. The van der Waals surface area contributed by atoms with Gasteiger partial charge in [-0.25, -0.2) is 18.4 Å². The summed E-state index contributed by atoms with van der Waals surface area (Å²) in [5.74, 6) is 2.37. The fourth-order valence-electron chi connectivity index (χ4n) is 4.86. The molecule has 1 aliphatic carbocycles. The Hall–Kier alpha value is -2.69. The summed E-state index contributed by atoms with van der Waals surface area (Å²) in [6.45, 7) is 5.46. The topological polar surface area (TPSA) is 124 Å². The molecule has 3 aliphatic rings. The molecule has 2 aromatic rings. The van der Waals surface area contributed by atoms with Crippen molar-refractivity contribution >= 4 is 33.5 Å². The Morgan fingerprint density at radius 3 is 2.67 bits per heavy atom. The maximum atomic E-state index is 13.3. The molecule has 0 aromatic carbocycles. The SMILES string of the molecule is CC(C)c1cnc(Nc2nc(N3CCC[C@H]3C(=O)N3CCS(=O)(=O)CC3)nc3c2CCC3)[nH]1. The number of aryl methyl sites for hydroxylation is 1. The number of aromatic amines is 1. The Bertz CT molecular complexity index is 1150. The van der Waals surface area contributed by atoms with Gasteiger partial charge in [-0.3, -0.25) is 4.79 Å². The van der Waals surface area contributed by atoms with E-state index in [4.69, 9.17) is 9.97 Å². The van der Waals surface area contributed by atoms with Crippen LogP contribution < -0.4 is 10.2 Å². The van der Waals surface area contributed by atoms with Crippen LogP contribution >= 0.6 is 0 Å². The Morgan fingerprint density at radius 1 is 1.15 bits per heavy atom. The second-order valence-electron chi connectivity index (χ2n) is 9.45. The van der Waals surface area contributed by atoms with Crippen molar-refractivity contribution in [2.75, 3.05) is 41.4 Å². The zero-order valence-corrected chi connectivity index (χ0v) is 20.0. The zero-order valence-electron chi connectivity index (χ0n) is 19.2. The molecule has 2 N–H and O–H groups in total. The van der Waals surface area contributed by atoms with Crippen molar-refractivity contribution in [3.8, 4) is 0 Å². The number of H-pyrrole nitrogens is 1. The monoisotopic (exact) mass is 473 g/mol. The smallest absolute Gasteiger partial charge is 0.245 e. The molecule has 1 atom stereocenters. The minimum atomic E-state index is -3.03. The summed E-state index contributed by atoms with van der Waals surface area (Å²) in [5, 5.41) is 3.35. The van der Waals surface area contributed by atoms with Gasteiger partial charge >= 0.3 is 0 Å².